The van der Waals surface area contributed by atoms with Crippen molar-refractivity contribution in [3.63, 3.8) is 0 Å². The van der Waals surface area contributed by atoms with Gasteiger partial charge in [0.1, 0.15) is 5.65 Å². The second kappa shape index (κ2) is 7.10. The molecule has 0 atom stereocenters. The number of aromatic nitrogens is 2. The number of nitrogens with one attached hydrogen (secondary N) is 1. The lowest BCUT2D eigenvalue weighted by molar-refractivity contribution is -0.123. The molecular formula is C17H25N5O. The van der Waals surface area contributed by atoms with Crippen LogP contribution >= 0.6 is 0 Å². The SMILES string of the molecule is CC(C)NC(=O)CN1CCN(Cc2cn3ccccc3n2)CC1. The van der Waals surface area contributed by atoms with Crippen LogP contribution in [0.15, 0.2) is 30.6 Å². The molecule has 1 aliphatic heterocycles. The minimum Gasteiger partial charge on any atom is -0.353 e. The molecule has 2 aromatic heterocycles. The minimum absolute atomic E-state index is 0.119. The fraction of sp³-hybridized carbons (Fsp3) is 0.529. The van der Waals surface area contributed by atoms with Crippen LogP contribution in [-0.2, 0) is 11.3 Å². The van der Waals surface area contributed by atoms with Crippen molar-refractivity contribution >= 4 is 11.6 Å². The largest absolute Gasteiger partial charge is 0.353 e. The maximum atomic E-state index is 11.8. The summed E-state index contributed by atoms with van der Waals surface area (Å²) in [5.74, 6) is 0.119. The molecule has 0 radical (unpaired) electrons. The van der Waals surface area contributed by atoms with Gasteiger partial charge in [-0.3, -0.25) is 14.6 Å². The van der Waals surface area contributed by atoms with E-state index in [4.69, 9.17) is 0 Å². The predicted molar refractivity (Wildman–Crippen MR) is 90.2 cm³/mol. The number of amides is 1. The molecule has 23 heavy (non-hydrogen) atoms. The summed E-state index contributed by atoms with van der Waals surface area (Å²) in [7, 11) is 0. The van der Waals surface area contributed by atoms with E-state index in [1.165, 1.54) is 0 Å². The molecule has 1 aliphatic rings. The summed E-state index contributed by atoms with van der Waals surface area (Å²) in [5, 5.41) is 2.95. The average molecular weight is 315 g/mol. The van der Waals surface area contributed by atoms with E-state index in [0.29, 0.717) is 6.54 Å². The summed E-state index contributed by atoms with van der Waals surface area (Å²) in [6, 6.07) is 6.25. The van der Waals surface area contributed by atoms with Crippen LogP contribution in [0.5, 0.6) is 0 Å². The summed E-state index contributed by atoms with van der Waals surface area (Å²) in [4.78, 5) is 21.1. The van der Waals surface area contributed by atoms with Crippen LogP contribution in [-0.4, -0.2) is 63.9 Å². The van der Waals surface area contributed by atoms with E-state index in [1.54, 1.807) is 0 Å². The third kappa shape index (κ3) is 4.30. The van der Waals surface area contributed by atoms with Gasteiger partial charge in [0.15, 0.2) is 0 Å². The zero-order valence-electron chi connectivity index (χ0n) is 13.9. The molecule has 3 rings (SSSR count). The molecule has 0 saturated carbocycles. The molecule has 0 aromatic carbocycles. The van der Waals surface area contributed by atoms with Crippen LogP contribution in [0.25, 0.3) is 5.65 Å². The van der Waals surface area contributed by atoms with Crippen LogP contribution < -0.4 is 5.32 Å². The summed E-state index contributed by atoms with van der Waals surface area (Å²) < 4.78 is 2.06. The van der Waals surface area contributed by atoms with Crippen molar-refractivity contribution in [1.82, 2.24) is 24.5 Å². The number of imidazole rings is 1. The number of hydrogen-bond acceptors (Lipinski definition) is 4. The Kier molecular flexibility index (Phi) is 4.93. The van der Waals surface area contributed by atoms with Gasteiger partial charge in [0.05, 0.1) is 12.2 Å². The van der Waals surface area contributed by atoms with Gasteiger partial charge in [-0.2, -0.15) is 0 Å². The van der Waals surface area contributed by atoms with Gasteiger partial charge in [-0.25, -0.2) is 4.98 Å². The molecule has 1 N–H and O–H groups in total. The monoisotopic (exact) mass is 315 g/mol. The van der Waals surface area contributed by atoms with Gasteiger partial charge < -0.3 is 9.72 Å². The normalized spacial score (nSPS) is 17.0. The number of rotatable bonds is 5. The van der Waals surface area contributed by atoms with Crippen LogP contribution in [0.1, 0.15) is 19.5 Å². The first-order valence-electron chi connectivity index (χ1n) is 8.27. The van der Waals surface area contributed by atoms with Crippen LogP contribution in [0.3, 0.4) is 0 Å². The highest BCUT2D eigenvalue weighted by atomic mass is 16.2. The molecule has 1 saturated heterocycles. The van der Waals surface area contributed by atoms with Crippen molar-refractivity contribution in [2.24, 2.45) is 0 Å². The number of carbonyl (C=O) groups excluding carboxylic acids is 1. The number of hydrogen-bond donors (Lipinski definition) is 1. The molecule has 6 heteroatoms. The first kappa shape index (κ1) is 16.0. The van der Waals surface area contributed by atoms with Gasteiger partial charge in [-0.1, -0.05) is 6.07 Å². The van der Waals surface area contributed by atoms with Crippen molar-refractivity contribution < 1.29 is 4.79 Å². The fourth-order valence-electron chi connectivity index (χ4n) is 2.97. The highest BCUT2D eigenvalue weighted by Crippen LogP contribution is 2.10. The fourth-order valence-corrected chi connectivity index (χ4v) is 2.97. The van der Waals surface area contributed by atoms with Crippen molar-refractivity contribution in [2.75, 3.05) is 32.7 Å². The zero-order chi connectivity index (χ0) is 16.2. The first-order chi connectivity index (χ1) is 11.1. The highest BCUT2D eigenvalue weighted by Gasteiger charge is 2.19. The lowest BCUT2D eigenvalue weighted by Crippen LogP contribution is -2.49. The number of pyridine rings is 1. The van der Waals surface area contributed by atoms with Crippen molar-refractivity contribution in [2.45, 2.75) is 26.4 Å². The third-order valence-electron chi connectivity index (χ3n) is 4.08. The first-order valence-corrected chi connectivity index (χ1v) is 8.27. The Morgan fingerprint density at radius 3 is 2.65 bits per heavy atom. The Morgan fingerprint density at radius 1 is 1.22 bits per heavy atom. The Morgan fingerprint density at radius 2 is 1.96 bits per heavy atom. The molecule has 0 bridgehead atoms. The van der Waals surface area contributed by atoms with E-state index in [-0.39, 0.29) is 11.9 Å². The number of fused-ring (bicyclic) bond motifs is 1. The molecule has 2 aromatic rings. The van der Waals surface area contributed by atoms with Gasteiger partial charge in [-0.05, 0) is 26.0 Å². The molecule has 1 fully saturated rings. The Labute approximate surface area is 137 Å². The summed E-state index contributed by atoms with van der Waals surface area (Å²) in [6.45, 7) is 9.16. The quantitative estimate of drug-likeness (QED) is 0.893. The van der Waals surface area contributed by atoms with E-state index in [1.807, 2.05) is 38.2 Å². The van der Waals surface area contributed by atoms with E-state index in [0.717, 1.165) is 44.1 Å². The van der Waals surface area contributed by atoms with Gasteiger partial charge >= 0.3 is 0 Å². The van der Waals surface area contributed by atoms with Crippen molar-refractivity contribution in [3.8, 4) is 0 Å². The number of piperazine rings is 1. The minimum atomic E-state index is 0.119. The molecule has 0 spiro atoms. The molecule has 3 heterocycles. The number of carbonyl (C=O) groups is 1. The lowest BCUT2D eigenvalue weighted by Gasteiger charge is -2.34. The Bertz CT molecular complexity index is 625. The topological polar surface area (TPSA) is 52.9 Å². The summed E-state index contributed by atoms with van der Waals surface area (Å²) >= 11 is 0. The maximum Gasteiger partial charge on any atom is 0.234 e. The van der Waals surface area contributed by atoms with Gasteiger partial charge in [0, 0.05) is 51.2 Å². The van der Waals surface area contributed by atoms with E-state index in [2.05, 4.69) is 30.7 Å². The third-order valence-corrected chi connectivity index (χ3v) is 4.08. The Hall–Kier alpha value is -1.92. The van der Waals surface area contributed by atoms with Crippen molar-refractivity contribution in [3.05, 3.63) is 36.3 Å². The van der Waals surface area contributed by atoms with E-state index < -0.39 is 0 Å². The molecular weight excluding hydrogens is 290 g/mol. The lowest BCUT2D eigenvalue weighted by atomic mass is 10.3. The molecule has 6 nitrogen and oxygen atoms in total. The Balaban J connectivity index is 1.48. The molecule has 1 amide bonds. The summed E-state index contributed by atoms with van der Waals surface area (Å²) in [5.41, 5.74) is 2.09. The van der Waals surface area contributed by atoms with Crippen LogP contribution in [0, 0.1) is 0 Å². The van der Waals surface area contributed by atoms with Gasteiger partial charge in [0.2, 0.25) is 5.91 Å². The average Bonchev–Trinajstić information content (AvgIpc) is 2.90. The van der Waals surface area contributed by atoms with Crippen LogP contribution in [0.4, 0.5) is 0 Å². The standard InChI is InChI=1S/C17H25N5O/c1-14(2)18-17(23)13-21-9-7-20(8-10-21)11-15-12-22-6-4-3-5-16(22)19-15/h3-6,12,14H,7-11,13H2,1-2H3,(H,18,23). The van der Waals surface area contributed by atoms with Gasteiger partial charge in [-0.15, -0.1) is 0 Å². The van der Waals surface area contributed by atoms with Crippen molar-refractivity contribution in [1.29, 1.82) is 0 Å². The van der Waals surface area contributed by atoms with Gasteiger partial charge in [0.25, 0.3) is 0 Å². The molecule has 0 unspecified atom stereocenters. The predicted octanol–water partition coefficient (Wildman–Crippen LogP) is 0.976. The smallest absolute Gasteiger partial charge is 0.234 e. The zero-order valence-corrected chi connectivity index (χ0v) is 13.9. The molecule has 124 valence electrons. The van der Waals surface area contributed by atoms with E-state index >= 15 is 0 Å². The number of nitrogens with zero attached hydrogens (tertiary/aromatic N) is 4. The van der Waals surface area contributed by atoms with Crippen LogP contribution in [0.2, 0.25) is 0 Å². The maximum absolute atomic E-state index is 11.8. The second-order valence-corrected chi connectivity index (χ2v) is 6.47. The summed E-state index contributed by atoms with van der Waals surface area (Å²) in [6.07, 6.45) is 4.12. The van der Waals surface area contributed by atoms with E-state index in [9.17, 15) is 4.79 Å². The molecule has 0 aliphatic carbocycles. The second-order valence-electron chi connectivity index (χ2n) is 6.47. The highest BCUT2D eigenvalue weighted by molar-refractivity contribution is 5.78.